The summed E-state index contributed by atoms with van der Waals surface area (Å²) < 4.78 is 0. The predicted molar refractivity (Wildman–Crippen MR) is 96.2 cm³/mol. The van der Waals surface area contributed by atoms with E-state index in [0.717, 1.165) is 23.2 Å². The molecule has 1 aliphatic carbocycles. The van der Waals surface area contributed by atoms with E-state index in [2.05, 4.69) is 17.5 Å². The molecule has 0 spiro atoms. The van der Waals surface area contributed by atoms with Crippen molar-refractivity contribution in [1.29, 1.82) is 0 Å². The summed E-state index contributed by atoms with van der Waals surface area (Å²) in [5.74, 6) is -0.448. The minimum absolute atomic E-state index is 0.124. The number of fused-ring (bicyclic) bond motifs is 3. The van der Waals surface area contributed by atoms with Gasteiger partial charge in [0.15, 0.2) is 0 Å². The second kappa shape index (κ2) is 5.83. The van der Waals surface area contributed by atoms with Crippen LogP contribution in [0.4, 0.5) is 5.69 Å². The van der Waals surface area contributed by atoms with Crippen LogP contribution in [-0.4, -0.2) is 11.1 Å². The molecule has 24 heavy (non-hydrogen) atoms. The number of nitrogens with one attached hydrogen (secondary N) is 1. The van der Waals surface area contributed by atoms with Gasteiger partial charge >= 0.3 is 5.97 Å². The number of carboxylic acid groups (broad SMARTS) is 1. The minimum Gasteiger partial charge on any atom is -0.478 e. The first-order valence-electron chi connectivity index (χ1n) is 7.81. The van der Waals surface area contributed by atoms with Gasteiger partial charge in [0.2, 0.25) is 0 Å². The topological polar surface area (TPSA) is 49.3 Å². The van der Waals surface area contributed by atoms with Crippen molar-refractivity contribution in [2.24, 2.45) is 5.92 Å². The Morgan fingerprint density at radius 2 is 1.92 bits per heavy atom. The number of hydrogen-bond acceptors (Lipinski definition) is 2. The zero-order chi connectivity index (χ0) is 16.8. The van der Waals surface area contributed by atoms with Crippen molar-refractivity contribution in [1.82, 2.24) is 0 Å². The fourth-order valence-corrected chi connectivity index (χ4v) is 4.26. The maximum absolute atomic E-state index is 11.6. The van der Waals surface area contributed by atoms with Crippen molar-refractivity contribution < 1.29 is 9.90 Å². The average molecular weight is 360 g/mol. The molecule has 2 aromatic carbocycles. The molecule has 5 heteroatoms. The molecule has 1 heterocycles. The van der Waals surface area contributed by atoms with Crippen molar-refractivity contribution in [2.75, 3.05) is 5.32 Å². The second-order valence-corrected chi connectivity index (χ2v) is 6.98. The highest BCUT2D eigenvalue weighted by atomic mass is 35.5. The number of hydrogen-bond donors (Lipinski definition) is 2. The third-order valence-corrected chi connectivity index (χ3v) is 5.76. The van der Waals surface area contributed by atoms with Crippen LogP contribution in [0.5, 0.6) is 0 Å². The molecule has 0 fully saturated rings. The van der Waals surface area contributed by atoms with Crippen molar-refractivity contribution >= 4 is 34.9 Å². The lowest BCUT2D eigenvalue weighted by atomic mass is 9.76. The Morgan fingerprint density at radius 3 is 2.71 bits per heavy atom. The van der Waals surface area contributed by atoms with E-state index in [1.807, 2.05) is 24.3 Å². The van der Waals surface area contributed by atoms with Gasteiger partial charge in [0.25, 0.3) is 0 Å². The number of halogens is 2. The third-order valence-electron chi connectivity index (χ3n) is 4.95. The summed E-state index contributed by atoms with van der Waals surface area (Å²) in [6, 6.07) is 10.8. The van der Waals surface area contributed by atoms with Crippen LogP contribution >= 0.6 is 23.2 Å². The Morgan fingerprint density at radius 1 is 1.12 bits per heavy atom. The molecule has 2 aromatic rings. The summed E-state index contributed by atoms with van der Waals surface area (Å²) in [7, 11) is 0. The zero-order valence-electron chi connectivity index (χ0n) is 12.7. The molecule has 122 valence electrons. The van der Waals surface area contributed by atoms with Crippen molar-refractivity contribution in [3.05, 3.63) is 75.3 Å². The first-order valence-corrected chi connectivity index (χ1v) is 8.57. The maximum atomic E-state index is 11.6. The molecule has 2 N–H and O–H groups in total. The first-order chi connectivity index (χ1) is 11.6. The molecule has 0 bridgehead atoms. The van der Waals surface area contributed by atoms with Gasteiger partial charge in [-0.2, -0.15) is 0 Å². The largest absolute Gasteiger partial charge is 0.478 e. The smallest absolute Gasteiger partial charge is 0.336 e. The van der Waals surface area contributed by atoms with Crippen LogP contribution < -0.4 is 5.32 Å². The van der Waals surface area contributed by atoms with Gasteiger partial charge in [0.05, 0.1) is 27.3 Å². The van der Waals surface area contributed by atoms with Gasteiger partial charge in [0, 0.05) is 5.92 Å². The van der Waals surface area contributed by atoms with E-state index in [1.165, 1.54) is 0 Å². The van der Waals surface area contributed by atoms with Crippen LogP contribution in [0.25, 0.3) is 0 Å². The Labute approximate surface area is 149 Å². The van der Waals surface area contributed by atoms with Crippen LogP contribution in [0.2, 0.25) is 10.0 Å². The monoisotopic (exact) mass is 359 g/mol. The molecular weight excluding hydrogens is 345 g/mol. The van der Waals surface area contributed by atoms with Crippen LogP contribution in [-0.2, 0) is 0 Å². The lowest BCUT2D eigenvalue weighted by molar-refractivity contribution is 0.0694. The molecule has 3 nitrogen and oxygen atoms in total. The Bertz CT molecular complexity index is 862. The molecule has 2 aliphatic rings. The number of anilines is 1. The standard InChI is InChI=1S/C19H15Cl2NO2/c20-15-9-8-13-10-6-3-7-11(10)17(22-18(13)16(15)21)12-4-1-2-5-14(12)19(23)24/h1-6,8-11,17,22H,7H2,(H,23,24)/t10-,11+,17+/m0/s1. The molecule has 0 saturated heterocycles. The van der Waals surface area contributed by atoms with Gasteiger partial charge in [-0.05, 0) is 35.6 Å². The van der Waals surface area contributed by atoms with Crippen LogP contribution in [0, 0.1) is 5.92 Å². The highest BCUT2D eigenvalue weighted by molar-refractivity contribution is 6.43. The minimum atomic E-state index is -0.919. The second-order valence-electron chi connectivity index (χ2n) is 6.19. The van der Waals surface area contributed by atoms with Gasteiger partial charge in [-0.3, -0.25) is 0 Å². The van der Waals surface area contributed by atoms with Crippen LogP contribution in [0.1, 0.15) is 39.9 Å². The Kier molecular flexibility index (Phi) is 3.78. The Hall–Kier alpha value is -1.97. The van der Waals surface area contributed by atoms with Gasteiger partial charge < -0.3 is 10.4 Å². The summed E-state index contributed by atoms with van der Waals surface area (Å²) in [5, 5.41) is 14.0. The normalized spacial score (nSPS) is 24.2. The maximum Gasteiger partial charge on any atom is 0.336 e. The molecule has 3 atom stereocenters. The van der Waals surface area contributed by atoms with E-state index in [-0.39, 0.29) is 17.9 Å². The van der Waals surface area contributed by atoms with E-state index < -0.39 is 5.97 Å². The summed E-state index contributed by atoms with van der Waals surface area (Å²) in [4.78, 5) is 11.6. The van der Waals surface area contributed by atoms with E-state index in [1.54, 1.807) is 12.1 Å². The molecule has 0 amide bonds. The highest BCUT2D eigenvalue weighted by Gasteiger charge is 2.40. The van der Waals surface area contributed by atoms with Gasteiger partial charge in [-0.15, -0.1) is 0 Å². The molecule has 4 rings (SSSR count). The molecule has 0 aromatic heterocycles. The molecule has 0 saturated carbocycles. The number of carbonyl (C=O) groups is 1. The zero-order valence-corrected chi connectivity index (χ0v) is 14.2. The SMILES string of the molecule is O=C(O)c1ccccc1[C@@H]1Nc2c(ccc(Cl)c2Cl)[C@H]2C=CC[C@H]21. The van der Waals surface area contributed by atoms with Gasteiger partial charge in [-0.1, -0.05) is 59.6 Å². The van der Waals surface area contributed by atoms with Crippen molar-refractivity contribution in [3.8, 4) is 0 Å². The van der Waals surface area contributed by atoms with E-state index >= 15 is 0 Å². The van der Waals surface area contributed by atoms with Crippen molar-refractivity contribution in [3.63, 3.8) is 0 Å². The van der Waals surface area contributed by atoms with Gasteiger partial charge in [0.1, 0.15) is 0 Å². The van der Waals surface area contributed by atoms with E-state index in [4.69, 9.17) is 23.2 Å². The summed E-state index contributed by atoms with van der Waals surface area (Å²) >= 11 is 12.6. The van der Waals surface area contributed by atoms with E-state index in [0.29, 0.717) is 15.6 Å². The quantitative estimate of drug-likeness (QED) is 0.694. The predicted octanol–water partition coefficient (Wildman–Crippen LogP) is 5.52. The van der Waals surface area contributed by atoms with Crippen molar-refractivity contribution in [2.45, 2.75) is 18.4 Å². The molecule has 1 aliphatic heterocycles. The third kappa shape index (κ3) is 2.31. The number of benzene rings is 2. The number of rotatable bonds is 2. The number of allylic oxidation sites excluding steroid dienone is 2. The first kappa shape index (κ1) is 15.6. The lowest BCUT2D eigenvalue weighted by Gasteiger charge is -2.38. The highest BCUT2D eigenvalue weighted by Crippen LogP contribution is 2.52. The molecule has 0 unspecified atom stereocenters. The summed E-state index contributed by atoms with van der Waals surface area (Å²) in [6.07, 6.45) is 5.24. The summed E-state index contributed by atoms with van der Waals surface area (Å²) in [5.41, 5.74) is 3.03. The van der Waals surface area contributed by atoms with Crippen LogP contribution in [0.15, 0.2) is 48.6 Å². The lowest BCUT2D eigenvalue weighted by Crippen LogP contribution is -2.30. The number of aromatic carboxylic acids is 1. The Balaban J connectivity index is 1.87. The fourth-order valence-electron chi connectivity index (χ4n) is 3.87. The number of carboxylic acids is 1. The fraction of sp³-hybridized carbons (Fsp3) is 0.211. The molecular formula is C19H15Cl2NO2. The van der Waals surface area contributed by atoms with E-state index in [9.17, 15) is 9.90 Å². The molecule has 0 radical (unpaired) electrons. The average Bonchev–Trinajstić information content (AvgIpc) is 3.07. The van der Waals surface area contributed by atoms with Crippen LogP contribution in [0.3, 0.4) is 0 Å². The van der Waals surface area contributed by atoms with Gasteiger partial charge in [-0.25, -0.2) is 4.79 Å². The summed E-state index contributed by atoms with van der Waals surface area (Å²) in [6.45, 7) is 0.